The van der Waals surface area contributed by atoms with E-state index in [1.807, 2.05) is 4.90 Å². The number of amides is 3. The molecule has 2 N–H and O–H groups in total. The monoisotopic (exact) mass is 585 g/mol. The fourth-order valence-corrected chi connectivity index (χ4v) is 5.30. The van der Waals surface area contributed by atoms with Crippen molar-refractivity contribution in [2.75, 3.05) is 13.3 Å². The number of nitrogens with one attached hydrogen (secondary N) is 1. The molecule has 0 aliphatic carbocycles. The summed E-state index contributed by atoms with van der Waals surface area (Å²) in [6.45, 7) is 1.36. The number of halogens is 3. The standard InChI is InChI=1S/C25H27ClF2N3O7P/c1-2-37-39(35,36)38-15-31-22(32)10-9-21(23(31)33)30-13-17-4-3-16(11-18(17)14-30)12-29-24(34)25(27,28)19-5-7-20(26)8-6-19/h3-8,11,21H,2,9-10,12-15H2,1H3,(H,29,34)(H,35,36). The first-order valence-corrected chi connectivity index (χ1v) is 14.0. The number of carbonyl (C=O) groups excluding carboxylic acids is 3. The number of likely N-dealkylation sites (tertiary alicyclic amines) is 1. The van der Waals surface area contributed by atoms with Crippen LogP contribution in [0.4, 0.5) is 8.78 Å². The second kappa shape index (κ2) is 11.8. The maximum absolute atomic E-state index is 14.5. The second-order valence-corrected chi connectivity index (χ2v) is 11.0. The smallest absolute Gasteiger partial charge is 0.346 e. The molecule has 0 radical (unpaired) electrons. The highest BCUT2D eigenvalue weighted by molar-refractivity contribution is 7.47. The van der Waals surface area contributed by atoms with E-state index in [0.29, 0.717) is 18.7 Å². The number of fused-ring (bicyclic) bond motifs is 1. The van der Waals surface area contributed by atoms with Gasteiger partial charge in [-0.3, -0.25) is 33.2 Å². The molecule has 2 aliphatic heterocycles. The molecular formula is C25H27ClF2N3O7P. The third kappa shape index (κ3) is 6.71. The number of phosphoric ester groups is 1. The van der Waals surface area contributed by atoms with E-state index >= 15 is 0 Å². The van der Waals surface area contributed by atoms with Crippen LogP contribution in [0.1, 0.15) is 42.0 Å². The van der Waals surface area contributed by atoms with Gasteiger partial charge in [0.15, 0.2) is 0 Å². The van der Waals surface area contributed by atoms with E-state index in [2.05, 4.69) is 9.84 Å². The fraction of sp³-hybridized carbons (Fsp3) is 0.400. The Bertz CT molecular complexity index is 1310. The van der Waals surface area contributed by atoms with Crippen molar-refractivity contribution in [1.29, 1.82) is 0 Å². The van der Waals surface area contributed by atoms with Gasteiger partial charge < -0.3 is 10.2 Å². The minimum absolute atomic E-state index is 0.0517. The fourth-order valence-electron chi connectivity index (χ4n) is 4.52. The van der Waals surface area contributed by atoms with Crippen molar-refractivity contribution in [3.63, 3.8) is 0 Å². The van der Waals surface area contributed by atoms with Crippen LogP contribution in [-0.2, 0) is 53.6 Å². The highest BCUT2D eigenvalue weighted by atomic mass is 35.5. The van der Waals surface area contributed by atoms with Crippen LogP contribution in [0.5, 0.6) is 0 Å². The first kappa shape index (κ1) is 29.3. The van der Waals surface area contributed by atoms with Crippen LogP contribution in [0.3, 0.4) is 0 Å². The molecule has 0 aromatic heterocycles. The highest BCUT2D eigenvalue weighted by Gasteiger charge is 2.42. The summed E-state index contributed by atoms with van der Waals surface area (Å²) in [5.74, 6) is -6.24. The molecule has 14 heteroatoms. The van der Waals surface area contributed by atoms with Crippen LogP contribution >= 0.6 is 19.4 Å². The molecule has 2 atom stereocenters. The molecule has 0 spiro atoms. The lowest BCUT2D eigenvalue weighted by Gasteiger charge is -2.35. The Morgan fingerprint density at radius 2 is 1.85 bits per heavy atom. The Kier molecular flexibility index (Phi) is 8.85. The summed E-state index contributed by atoms with van der Waals surface area (Å²) in [5.41, 5.74) is 1.91. The van der Waals surface area contributed by atoms with Gasteiger partial charge in [0.05, 0.1) is 12.6 Å². The van der Waals surface area contributed by atoms with Crippen molar-refractivity contribution in [1.82, 2.24) is 15.1 Å². The summed E-state index contributed by atoms with van der Waals surface area (Å²) in [7, 11) is -4.40. The van der Waals surface area contributed by atoms with Gasteiger partial charge in [0.1, 0.15) is 6.73 Å². The lowest BCUT2D eigenvalue weighted by atomic mass is 10.0. The number of carbonyl (C=O) groups is 3. The average molecular weight is 586 g/mol. The molecule has 2 heterocycles. The largest absolute Gasteiger partial charge is 0.473 e. The molecular weight excluding hydrogens is 559 g/mol. The van der Waals surface area contributed by atoms with Crippen LogP contribution in [0, 0.1) is 0 Å². The van der Waals surface area contributed by atoms with E-state index in [9.17, 15) is 32.6 Å². The third-order valence-electron chi connectivity index (χ3n) is 6.53. The molecule has 1 fully saturated rings. The molecule has 4 rings (SSSR count). The van der Waals surface area contributed by atoms with Crippen molar-refractivity contribution < 1.29 is 41.7 Å². The zero-order chi connectivity index (χ0) is 28.4. The predicted molar refractivity (Wildman–Crippen MR) is 135 cm³/mol. The van der Waals surface area contributed by atoms with Gasteiger partial charge in [0.2, 0.25) is 11.8 Å². The van der Waals surface area contributed by atoms with Gasteiger partial charge in [-0.2, -0.15) is 8.78 Å². The van der Waals surface area contributed by atoms with E-state index in [1.54, 1.807) is 18.2 Å². The molecule has 0 saturated carbocycles. The van der Waals surface area contributed by atoms with Crippen molar-refractivity contribution in [2.45, 2.75) is 51.4 Å². The van der Waals surface area contributed by atoms with Crippen molar-refractivity contribution in [3.8, 4) is 0 Å². The number of phosphoric acid groups is 1. The average Bonchev–Trinajstić information content (AvgIpc) is 3.30. The summed E-state index contributed by atoms with van der Waals surface area (Å²) in [4.78, 5) is 49.9. The van der Waals surface area contributed by atoms with Crippen molar-refractivity contribution in [3.05, 3.63) is 69.7 Å². The summed E-state index contributed by atoms with van der Waals surface area (Å²) >= 11 is 5.74. The predicted octanol–water partition coefficient (Wildman–Crippen LogP) is 3.69. The normalized spacial score (nSPS) is 19.6. The second-order valence-electron chi connectivity index (χ2n) is 9.13. The molecule has 10 nitrogen and oxygen atoms in total. The first-order chi connectivity index (χ1) is 18.4. The Morgan fingerprint density at radius 1 is 1.15 bits per heavy atom. The molecule has 1 saturated heterocycles. The summed E-state index contributed by atoms with van der Waals surface area (Å²) < 4.78 is 50.3. The molecule has 0 bridgehead atoms. The van der Waals surface area contributed by atoms with Crippen LogP contribution < -0.4 is 5.32 Å². The van der Waals surface area contributed by atoms with E-state index in [4.69, 9.17) is 16.1 Å². The molecule has 39 heavy (non-hydrogen) atoms. The Balaban J connectivity index is 1.37. The topological polar surface area (TPSA) is 125 Å². The van der Waals surface area contributed by atoms with Crippen molar-refractivity contribution in [2.24, 2.45) is 0 Å². The van der Waals surface area contributed by atoms with Gasteiger partial charge in [-0.1, -0.05) is 41.9 Å². The quantitative estimate of drug-likeness (QED) is 0.319. The number of imide groups is 1. The van der Waals surface area contributed by atoms with Gasteiger partial charge in [0, 0.05) is 36.6 Å². The zero-order valence-electron chi connectivity index (χ0n) is 20.9. The van der Waals surface area contributed by atoms with Gasteiger partial charge >= 0.3 is 13.7 Å². The van der Waals surface area contributed by atoms with Gasteiger partial charge in [-0.25, -0.2) is 4.57 Å². The lowest BCUT2D eigenvalue weighted by Crippen LogP contribution is -2.53. The number of hydrogen-bond acceptors (Lipinski definition) is 7. The van der Waals surface area contributed by atoms with Crippen molar-refractivity contribution >= 4 is 37.1 Å². The van der Waals surface area contributed by atoms with Gasteiger partial charge in [-0.05, 0) is 42.2 Å². The number of nitrogens with zero attached hydrogens (tertiary/aromatic N) is 2. The minimum Gasteiger partial charge on any atom is -0.346 e. The van der Waals surface area contributed by atoms with Crippen LogP contribution in [0.15, 0.2) is 42.5 Å². The number of hydrogen-bond donors (Lipinski definition) is 2. The Labute approximate surface area is 228 Å². The third-order valence-corrected chi connectivity index (χ3v) is 7.81. The van der Waals surface area contributed by atoms with Gasteiger partial charge in [-0.15, -0.1) is 0 Å². The van der Waals surface area contributed by atoms with E-state index in [1.165, 1.54) is 19.1 Å². The SMILES string of the molecule is CCOP(=O)(O)OCN1C(=O)CCC(N2Cc3ccc(CNC(=O)C(F)(F)c4ccc(Cl)cc4)cc3C2)C1=O. The number of piperidine rings is 1. The molecule has 2 aliphatic rings. The minimum atomic E-state index is -4.40. The van der Waals surface area contributed by atoms with Crippen LogP contribution in [-0.4, -0.2) is 51.8 Å². The van der Waals surface area contributed by atoms with E-state index in [0.717, 1.165) is 28.2 Å². The zero-order valence-corrected chi connectivity index (χ0v) is 22.6. The van der Waals surface area contributed by atoms with E-state index in [-0.39, 0.29) is 31.0 Å². The molecule has 210 valence electrons. The molecule has 3 amide bonds. The maximum atomic E-state index is 14.5. The maximum Gasteiger partial charge on any atom is 0.473 e. The summed E-state index contributed by atoms with van der Waals surface area (Å²) in [6.07, 6.45) is 0.323. The summed E-state index contributed by atoms with van der Waals surface area (Å²) in [5, 5.41) is 2.55. The van der Waals surface area contributed by atoms with Crippen LogP contribution in [0.2, 0.25) is 5.02 Å². The number of alkyl halides is 2. The first-order valence-electron chi connectivity index (χ1n) is 12.1. The Morgan fingerprint density at radius 3 is 2.54 bits per heavy atom. The highest BCUT2D eigenvalue weighted by Crippen LogP contribution is 2.43. The molecule has 2 aromatic rings. The Hall–Kier alpha value is -2.73. The lowest BCUT2D eigenvalue weighted by molar-refractivity contribution is -0.157. The van der Waals surface area contributed by atoms with Crippen LogP contribution in [0.25, 0.3) is 0 Å². The number of rotatable bonds is 10. The molecule has 2 aromatic carbocycles. The molecule has 2 unspecified atom stereocenters. The van der Waals surface area contributed by atoms with E-state index < -0.39 is 49.8 Å². The number of benzene rings is 2. The summed E-state index contributed by atoms with van der Waals surface area (Å²) in [6, 6.07) is 9.40. The van der Waals surface area contributed by atoms with Gasteiger partial charge in [0.25, 0.3) is 5.91 Å².